The maximum Gasteiger partial charge on any atom is 0.196 e. The van der Waals surface area contributed by atoms with Crippen molar-refractivity contribution in [2.24, 2.45) is 0 Å². The van der Waals surface area contributed by atoms with E-state index < -0.39 is 0 Å². The van der Waals surface area contributed by atoms with E-state index in [4.69, 9.17) is 17.3 Å². The Kier molecular flexibility index (Phi) is 5.07. The molecule has 0 amide bonds. The van der Waals surface area contributed by atoms with Crippen LogP contribution in [0.4, 0.5) is 5.00 Å². The standard InChI is InChI=1S/C25H21ClN2OS/c26-20-9-5-16(6-10-20)14-28-12-11-21-22(15-28)30-25(27)23(21)24(29)19-8-7-17-3-1-2-4-18(17)13-19/h1-10,13H,11-12,14-15,27H2. The van der Waals surface area contributed by atoms with Crippen LogP contribution in [0, 0.1) is 0 Å². The van der Waals surface area contributed by atoms with Crippen molar-refractivity contribution in [2.75, 3.05) is 12.3 Å². The molecule has 0 saturated carbocycles. The highest BCUT2D eigenvalue weighted by Gasteiger charge is 2.27. The van der Waals surface area contributed by atoms with Crippen LogP contribution in [0.15, 0.2) is 66.7 Å². The van der Waals surface area contributed by atoms with Crippen molar-refractivity contribution in [1.29, 1.82) is 0 Å². The van der Waals surface area contributed by atoms with Crippen LogP contribution in [0.25, 0.3) is 10.8 Å². The summed E-state index contributed by atoms with van der Waals surface area (Å²) < 4.78 is 0. The molecule has 150 valence electrons. The Morgan fingerprint density at radius 3 is 2.60 bits per heavy atom. The van der Waals surface area contributed by atoms with Crippen LogP contribution in [0.2, 0.25) is 5.02 Å². The summed E-state index contributed by atoms with van der Waals surface area (Å²) in [6, 6.07) is 22.0. The van der Waals surface area contributed by atoms with Crippen molar-refractivity contribution in [2.45, 2.75) is 19.5 Å². The number of nitrogens with two attached hydrogens (primary N) is 1. The van der Waals surface area contributed by atoms with E-state index in [1.54, 1.807) is 11.3 Å². The molecule has 3 nitrogen and oxygen atoms in total. The van der Waals surface area contributed by atoms with Gasteiger partial charge in [0.1, 0.15) is 0 Å². The third-order valence-corrected chi connectivity index (χ3v) is 7.02. The first-order chi connectivity index (χ1) is 14.6. The van der Waals surface area contributed by atoms with E-state index in [1.165, 1.54) is 10.4 Å². The summed E-state index contributed by atoms with van der Waals surface area (Å²) in [5, 5.41) is 3.58. The minimum Gasteiger partial charge on any atom is -0.390 e. The SMILES string of the molecule is Nc1sc2c(c1C(=O)c1ccc3ccccc3c1)CCN(Cc1ccc(Cl)cc1)C2. The second kappa shape index (κ2) is 7.88. The van der Waals surface area contributed by atoms with Crippen molar-refractivity contribution in [3.8, 4) is 0 Å². The van der Waals surface area contributed by atoms with Gasteiger partial charge in [-0.2, -0.15) is 0 Å². The minimum absolute atomic E-state index is 0.0295. The van der Waals surface area contributed by atoms with Gasteiger partial charge in [0.15, 0.2) is 5.78 Å². The number of hydrogen-bond acceptors (Lipinski definition) is 4. The molecule has 0 unspecified atom stereocenters. The molecule has 1 aromatic heterocycles. The molecule has 0 saturated heterocycles. The van der Waals surface area contributed by atoms with Gasteiger partial charge in [-0.15, -0.1) is 11.3 Å². The topological polar surface area (TPSA) is 46.3 Å². The molecule has 2 N–H and O–H groups in total. The zero-order chi connectivity index (χ0) is 20.7. The van der Waals surface area contributed by atoms with E-state index in [1.807, 2.05) is 48.5 Å². The van der Waals surface area contributed by atoms with Gasteiger partial charge in [-0.05, 0) is 46.5 Å². The number of anilines is 1. The normalized spacial score (nSPS) is 14.0. The third-order valence-electron chi connectivity index (χ3n) is 5.72. The number of nitrogens with zero attached hydrogens (tertiary/aromatic N) is 1. The number of halogens is 1. The summed E-state index contributed by atoms with van der Waals surface area (Å²) in [5.74, 6) is 0.0295. The predicted octanol–water partition coefficient (Wildman–Crippen LogP) is 5.93. The largest absolute Gasteiger partial charge is 0.390 e. The molecule has 0 atom stereocenters. The summed E-state index contributed by atoms with van der Waals surface area (Å²) in [5.41, 5.74) is 10.1. The molecule has 30 heavy (non-hydrogen) atoms. The molecule has 1 aliphatic rings. The first kappa shape index (κ1) is 19.3. The number of carbonyl (C=O) groups is 1. The van der Waals surface area contributed by atoms with E-state index in [0.717, 1.165) is 47.4 Å². The molecule has 0 fully saturated rings. The number of carbonyl (C=O) groups excluding carboxylic acids is 1. The highest BCUT2D eigenvalue weighted by molar-refractivity contribution is 7.16. The van der Waals surface area contributed by atoms with Gasteiger partial charge in [0.2, 0.25) is 0 Å². The first-order valence-corrected chi connectivity index (χ1v) is 11.2. The number of thiophene rings is 1. The number of fused-ring (bicyclic) bond motifs is 2. The average Bonchev–Trinajstić information content (AvgIpc) is 3.09. The van der Waals surface area contributed by atoms with Crippen LogP contribution >= 0.6 is 22.9 Å². The van der Waals surface area contributed by atoms with Gasteiger partial charge in [-0.3, -0.25) is 9.69 Å². The van der Waals surface area contributed by atoms with Gasteiger partial charge < -0.3 is 5.73 Å². The molecular formula is C25H21ClN2OS. The van der Waals surface area contributed by atoms with E-state index in [2.05, 4.69) is 23.1 Å². The lowest BCUT2D eigenvalue weighted by molar-refractivity contribution is 0.103. The fourth-order valence-corrected chi connectivity index (χ4v) is 5.47. The molecule has 0 spiro atoms. The molecule has 4 aromatic rings. The maximum atomic E-state index is 13.3. The van der Waals surface area contributed by atoms with Crippen molar-refractivity contribution >= 4 is 44.5 Å². The van der Waals surface area contributed by atoms with Gasteiger partial charge in [0.25, 0.3) is 0 Å². The minimum atomic E-state index is 0.0295. The van der Waals surface area contributed by atoms with Crippen LogP contribution in [0.3, 0.4) is 0 Å². The smallest absolute Gasteiger partial charge is 0.196 e. The zero-order valence-corrected chi connectivity index (χ0v) is 18.0. The Hall–Kier alpha value is -2.66. The van der Waals surface area contributed by atoms with E-state index in [9.17, 15) is 4.79 Å². The average molecular weight is 433 g/mol. The fraction of sp³-hybridized carbons (Fsp3) is 0.160. The molecule has 2 heterocycles. The Morgan fingerprint density at radius 1 is 1.03 bits per heavy atom. The third kappa shape index (κ3) is 3.63. The summed E-state index contributed by atoms with van der Waals surface area (Å²) >= 11 is 7.55. The molecule has 3 aromatic carbocycles. The van der Waals surface area contributed by atoms with Crippen LogP contribution < -0.4 is 5.73 Å². The van der Waals surface area contributed by atoms with Gasteiger partial charge >= 0.3 is 0 Å². The highest BCUT2D eigenvalue weighted by atomic mass is 35.5. The monoisotopic (exact) mass is 432 g/mol. The lowest BCUT2D eigenvalue weighted by Crippen LogP contribution is -2.29. The Labute approximate surface area is 184 Å². The van der Waals surface area contributed by atoms with Gasteiger partial charge in [-0.25, -0.2) is 0 Å². The summed E-state index contributed by atoms with van der Waals surface area (Å²) in [4.78, 5) is 16.9. The first-order valence-electron chi connectivity index (χ1n) is 9.99. The van der Waals surface area contributed by atoms with Crippen molar-refractivity contribution < 1.29 is 4.79 Å². The summed E-state index contributed by atoms with van der Waals surface area (Å²) in [7, 11) is 0. The number of nitrogen functional groups attached to an aromatic ring is 1. The lowest BCUT2D eigenvalue weighted by Gasteiger charge is -2.27. The number of rotatable bonds is 4. The van der Waals surface area contributed by atoms with Gasteiger partial charge in [0, 0.05) is 35.1 Å². The lowest BCUT2D eigenvalue weighted by atomic mass is 9.95. The van der Waals surface area contributed by atoms with E-state index in [0.29, 0.717) is 16.1 Å². The van der Waals surface area contributed by atoms with Crippen LogP contribution in [-0.4, -0.2) is 17.2 Å². The van der Waals surface area contributed by atoms with E-state index >= 15 is 0 Å². The number of hydrogen-bond donors (Lipinski definition) is 1. The van der Waals surface area contributed by atoms with E-state index in [-0.39, 0.29) is 5.78 Å². The number of ketones is 1. The summed E-state index contributed by atoms with van der Waals surface area (Å²) in [6.45, 7) is 2.59. The predicted molar refractivity (Wildman–Crippen MR) is 125 cm³/mol. The van der Waals surface area contributed by atoms with Crippen LogP contribution in [0.1, 0.15) is 31.9 Å². The summed E-state index contributed by atoms with van der Waals surface area (Å²) in [6.07, 6.45) is 0.839. The maximum absolute atomic E-state index is 13.3. The molecule has 5 rings (SSSR count). The Morgan fingerprint density at radius 2 is 1.80 bits per heavy atom. The van der Waals surface area contributed by atoms with Crippen molar-refractivity contribution in [3.05, 3.63) is 98.9 Å². The zero-order valence-electron chi connectivity index (χ0n) is 16.4. The molecule has 0 aliphatic carbocycles. The molecular weight excluding hydrogens is 412 g/mol. The van der Waals surface area contributed by atoms with Gasteiger partial charge in [-0.1, -0.05) is 60.1 Å². The Bertz CT molecular complexity index is 1250. The second-order valence-electron chi connectivity index (χ2n) is 7.72. The highest BCUT2D eigenvalue weighted by Crippen LogP contribution is 2.37. The van der Waals surface area contributed by atoms with Crippen molar-refractivity contribution in [1.82, 2.24) is 4.90 Å². The fourth-order valence-electron chi connectivity index (χ4n) is 4.18. The van der Waals surface area contributed by atoms with Crippen LogP contribution in [0.5, 0.6) is 0 Å². The second-order valence-corrected chi connectivity index (χ2v) is 9.29. The molecule has 5 heteroatoms. The van der Waals surface area contributed by atoms with Crippen LogP contribution in [-0.2, 0) is 19.5 Å². The number of benzene rings is 3. The van der Waals surface area contributed by atoms with Crippen molar-refractivity contribution in [3.63, 3.8) is 0 Å². The molecule has 0 bridgehead atoms. The molecule has 1 aliphatic heterocycles. The molecule has 0 radical (unpaired) electrons. The Balaban J connectivity index is 1.41. The quantitative estimate of drug-likeness (QED) is 0.407. The van der Waals surface area contributed by atoms with Gasteiger partial charge in [0.05, 0.1) is 10.6 Å².